The molecule has 0 fully saturated rings. The van der Waals surface area contributed by atoms with E-state index in [1.165, 1.54) is 17.7 Å². The summed E-state index contributed by atoms with van der Waals surface area (Å²) >= 11 is 0. The van der Waals surface area contributed by atoms with Gasteiger partial charge in [-0.2, -0.15) is 0 Å². The molecule has 0 amide bonds. The van der Waals surface area contributed by atoms with E-state index in [-0.39, 0.29) is 8.80 Å². The maximum Gasteiger partial charge on any atom is 0.0824 e. The lowest BCUT2D eigenvalue weighted by Crippen LogP contribution is -2.26. The minimum Gasteiger partial charge on any atom is -0.330 e. The Morgan fingerprint density at radius 2 is 1.92 bits per heavy atom. The normalized spacial score (nSPS) is 10.6. The van der Waals surface area contributed by atoms with Gasteiger partial charge in [0, 0.05) is 0 Å². The van der Waals surface area contributed by atoms with Crippen LogP contribution in [0.3, 0.4) is 0 Å². The Balaban J connectivity index is 2.48. The Hall–Kier alpha value is -0.603. The zero-order valence-electron chi connectivity index (χ0n) is 7.59. The predicted molar refractivity (Wildman–Crippen MR) is 56.2 cm³/mol. The van der Waals surface area contributed by atoms with Crippen molar-refractivity contribution in [2.75, 3.05) is 6.54 Å². The van der Waals surface area contributed by atoms with Crippen molar-refractivity contribution < 1.29 is 0 Å². The highest BCUT2D eigenvalue weighted by atomic mass is 28.3. The molecule has 12 heavy (non-hydrogen) atoms. The predicted octanol–water partition coefficient (Wildman–Crippen LogP) is 1.37. The molecule has 1 nitrogen and oxygen atoms in total. The van der Waals surface area contributed by atoms with Crippen LogP contribution < -0.4 is 10.9 Å². The van der Waals surface area contributed by atoms with Gasteiger partial charge in [-0.3, -0.25) is 0 Å². The smallest absolute Gasteiger partial charge is 0.0824 e. The summed E-state index contributed by atoms with van der Waals surface area (Å²) in [4.78, 5) is 0. The summed E-state index contributed by atoms with van der Waals surface area (Å²) in [5, 5.41) is 1.52. The molecule has 1 aromatic rings. The zero-order chi connectivity index (χ0) is 8.81. The van der Waals surface area contributed by atoms with Crippen LogP contribution >= 0.6 is 0 Å². The van der Waals surface area contributed by atoms with Crippen molar-refractivity contribution in [2.45, 2.75) is 19.0 Å². The van der Waals surface area contributed by atoms with Crippen molar-refractivity contribution >= 4 is 14.0 Å². The molecule has 2 heteroatoms. The summed E-state index contributed by atoms with van der Waals surface area (Å²) in [7, 11) is -0.310. The van der Waals surface area contributed by atoms with Gasteiger partial charge in [0.25, 0.3) is 0 Å². The average Bonchev–Trinajstić information content (AvgIpc) is 2.15. The molecule has 0 aromatic heterocycles. The van der Waals surface area contributed by atoms with Crippen molar-refractivity contribution in [3.05, 3.63) is 30.3 Å². The van der Waals surface area contributed by atoms with Crippen LogP contribution in [0.25, 0.3) is 0 Å². The van der Waals surface area contributed by atoms with Crippen molar-refractivity contribution in [3.63, 3.8) is 0 Å². The topological polar surface area (TPSA) is 26.0 Å². The summed E-state index contributed by atoms with van der Waals surface area (Å²) < 4.78 is 0. The van der Waals surface area contributed by atoms with E-state index >= 15 is 0 Å². The van der Waals surface area contributed by atoms with E-state index in [1.807, 2.05) is 0 Å². The van der Waals surface area contributed by atoms with Crippen LogP contribution in [-0.2, 0) is 0 Å². The maximum atomic E-state index is 5.47. The molecule has 0 aliphatic carbocycles. The molecular weight excluding hydrogens is 162 g/mol. The standard InChI is InChI=1S/C10H16NSi/c1-12(9-5-8-11)10-6-3-2-4-7-10/h2-4,6-7H,5,8-9,11H2,1H3. The van der Waals surface area contributed by atoms with E-state index in [0.29, 0.717) is 0 Å². The Morgan fingerprint density at radius 3 is 2.50 bits per heavy atom. The third-order valence-corrected chi connectivity index (χ3v) is 4.44. The third-order valence-electron chi connectivity index (χ3n) is 2.02. The molecule has 1 aromatic carbocycles. The fraction of sp³-hybridized carbons (Fsp3) is 0.400. The first kappa shape index (κ1) is 9.48. The monoisotopic (exact) mass is 178 g/mol. The highest BCUT2D eigenvalue weighted by molar-refractivity contribution is 6.71. The second-order valence-electron chi connectivity index (χ2n) is 3.04. The molecule has 0 saturated heterocycles. The molecule has 65 valence electrons. The van der Waals surface area contributed by atoms with Gasteiger partial charge in [-0.05, 0) is 13.0 Å². The lowest BCUT2D eigenvalue weighted by atomic mass is 10.4. The summed E-state index contributed by atoms with van der Waals surface area (Å²) in [6.45, 7) is 3.19. The van der Waals surface area contributed by atoms with Gasteiger partial charge in [0.15, 0.2) is 0 Å². The van der Waals surface area contributed by atoms with Crippen LogP contribution in [0, 0.1) is 0 Å². The van der Waals surface area contributed by atoms with Gasteiger partial charge < -0.3 is 5.73 Å². The quantitative estimate of drug-likeness (QED) is 0.692. The van der Waals surface area contributed by atoms with E-state index in [0.717, 1.165) is 6.54 Å². The zero-order valence-corrected chi connectivity index (χ0v) is 8.59. The summed E-state index contributed by atoms with van der Waals surface area (Å²) in [5.74, 6) is 0. The molecular formula is C10H16NSi. The highest BCUT2D eigenvalue weighted by Crippen LogP contribution is 1.97. The molecule has 2 N–H and O–H groups in total. The minimum atomic E-state index is -0.310. The van der Waals surface area contributed by atoms with Gasteiger partial charge in [-0.1, -0.05) is 48.1 Å². The van der Waals surface area contributed by atoms with E-state index < -0.39 is 0 Å². The molecule has 0 bridgehead atoms. The van der Waals surface area contributed by atoms with Gasteiger partial charge in [-0.15, -0.1) is 0 Å². The second kappa shape index (κ2) is 5.12. The molecule has 0 spiro atoms. The number of rotatable bonds is 4. The van der Waals surface area contributed by atoms with Crippen molar-refractivity contribution in [1.82, 2.24) is 0 Å². The fourth-order valence-electron chi connectivity index (χ4n) is 1.23. The van der Waals surface area contributed by atoms with Crippen LogP contribution in [0.4, 0.5) is 0 Å². The van der Waals surface area contributed by atoms with Crippen LogP contribution in [0.2, 0.25) is 12.6 Å². The van der Waals surface area contributed by atoms with E-state index in [9.17, 15) is 0 Å². The first-order chi connectivity index (χ1) is 5.84. The van der Waals surface area contributed by atoms with Crippen LogP contribution in [0.5, 0.6) is 0 Å². The van der Waals surface area contributed by atoms with Crippen molar-refractivity contribution in [2.24, 2.45) is 5.73 Å². The summed E-state index contributed by atoms with van der Waals surface area (Å²) in [5.41, 5.74) is 5.47. The van der Waals surface area contributed by atoms with Gasteiger partial charge in [0.1, 0.15) is 0 Å². The Labute approximate surface area is 76.2 Å². The summed E-state index contributed by atoms with van der Waals surface area (Å²) in [6, 6.07) is 12.1. The van der Waals surface area contributed by atoms with E-state index in [1.54, 1.807) is 0 Å². The average molecular weight is 178 g/mol. The molecule has 0 atom stereocenters. The molecule has 0 aliphatic heterocycles. The van der Waals surface area contributed by atoms with Gasteiger partial charge >= 0.3 is 0 Å². The van der Waals surface area contributed by atoms with Crippen LogP contribution in [0.1, 0.15) is 6.42 Å². The van der Waals surface area contributed by atoms with Crippen LogP contribution in [0.15, 0.2) is 30.3 Å². The van der Waals surface area contributed by atoms with Gasteiger partial charge in [0.05, 0.1) is 8.80 Å². The highest BCUT2D eigenvalue weighted by Gasteiger charge is 2.05. The number of hydrogen-bond donors (Lipinski definition) is 1. The Bertz CT molecular complexity index is 210. The maximum absolute atomic E-state index is 5.47. The SMILES string of the molecule is C[Si](CCCN)c1ccccc1. The van der Waals surface area contributed by atoms with E-state index in [2.05, 4.69) is 36.9 Å². The van der Waals surface area contributed by atoms with Crippen LogP contribution in [-0.4, -0.2) is 15.3 Å². The minimum absolute atomic E-state index is 0.310. The molecule has 1 radical (unpaired) electrons. The Kier molecular flexibility index (Phi) is 4.04. The first-order valence-electron chi connectivity index (χ1n) is 4.42. The fourth-order valence-corrected chi connectivity index (χ4v) is 3.02. The molecule has 0 aliphatic rings. The lowest BCUT2D eigenvalue weighted by molar-refractivity contribution is 0.922. The number of benzene rings is 1. The van der Waals surface area contributed by atoms with Crippen molar-refractivity contribution in [1.29, 1.82) is 0 Å². The van der Waals surface area contributed by atoms with E-state index in [4.69, 9.17) is 5.73 Å². The lowest BCUT2D eigenvalue weighted by Gasteiger charge is -2.07. The molecule has 1 rings (SSSR count). The van der Waals surface area contributed by atoms with Gasteiger partial charge in [-0.25, -0.2) is 0 Å². The third kappa shape index (κ3) is 2.79. The second-order valence-corrected chi connectivity index (χ2v) is 5.68. The summed E-state index contributed by atoms with van der Waals surface area (Å²) in [6.07, 6.45) is 1.17. The number of nitrogens with two attached hydrogens (primary N) is 1. The van der Waals surface area contributed by atoms with Gasteiger partial charge in [0.2, 0.25) is 0 Å². The largest absolute Gasteiger partial charge is 0.330 e. The Morgan fingerprint density at radius 1 is 1.25 bits per heavy atom. The molecule has 0 saturated carbocycles. The number of hydrogen-bond acceptors (Lipinski definition) is 1. The molecule has 0 unspecified atom stereocenters. The van der Waals surface area contributed by atoms with Crippen molar-refractivity contribution in [3.8, 4) is 0 Å². The molecule has 0 heterocycles. The first-order valence-corrected chi connectivity index (χ1v) is 6.63.